The first-order chi connectivity index (χ1) is 15.2. The van der Waals surface area contributed by atoms with Gasteiger partial charge < -0.3 is 15.1 Å². The number of hydrogen-bond acceptors (Lipinski definition) is 3. The van der Waals surface area contributed by atoms with E-state index in [1.54, 1.807) is 0 Å². The molecule has 1 aliphatic heterocycles. The Morgan fingerprint density at radius 1 is 0.968 bits per heavy atom. The van der Waals surface area contributed by atoms with Crippen LogP contribution in [0.5, 0.6) is 0 Å². The van der Waals surface area contributed by atoms with Crippen LogP contribution in [0.3, 0.4) is 0 Å². The second-order valence-electron chi connectivity index (χ2n) is 8.21. The van der Waals surface area contributed by atoms with Gasteiger partial charge in [0.1, 0.15) is 0 Å². The molecule has 166 valence electrons. The highest BCUT2D eigenvalue weighted by Gasteiger charge is 2.28. The Morgan fingerprint density at radius 2 is 1.61 bits per heavy atom. The molecule has 1 saturated heterocycles. The van der Waals surface area contributed by atoms with E-state index < -0.39 is 0 Å². The molecule has 0 radical (unpaired) electrons. The van der Waals surface area contributed by atoms with Gasteiger partial charge in [0.05, 0.1) is 0 Å². The number of hydrogen-bond donors (Lipinski definition) is 1. The minimum atomic E-state index is 0.0216. The summed E-state index contributed by atoms with van der Waals surface area (Å²) in [5.41, 5.74) is 2.34. The van der Waals surface area contributed by atoms with Crippen molar-refractivity contribution < 1.29 is 9.59 Å². The van der Waals surface area contributed by atoms with E-state index in [2.05, 4.69) is 40.5 Å². The third-order valence-electron chi connectivity index (χ3n) is 5.95. The molecule has 1 heterocycles. The third kappa shape index (κ3) is 7.21. The van der Waals surface area contributed by atoms with E-state index in [1.165, 1.54) is 5.56 Å². The van der Waals surface area contributed by atoms with E-state index in [0.29, 0.717) is 25.8 Å². The van der Waals surface area contributed by atoms with Gasteiger partial charge in [0.2, 0.25) is 11.8 Å². The Labute approximate surface area is 186 Å². The summed E-state index contributed by atoms with van der Waals surface area (Å²) < 4.78 is 0. The van der Waals surface area contributed by atoms with Gasteiger partial charge in [-0.25, -0.2) is 0 Å². The second kappa shape index (κ2) is 12.3. The van der Waals surface area contributed by atoms with Gasteiger partial charge >= 0.3 is 0 Å². The number of amides is 2. The summed E-state index contributed by atoms with van der Waals surface area (Å²) >= 11 is 0. The van der Waals surface area contributed by atoms with Crippen LogP contribution in [0, 0.1) is 0 Å². The minimum Gasteiger partial charge on any atom is -0.356 e. The molecule has 2 aromatic carbocycles. The van der Waals surface area contributed by atoms with Gasteiger partial charge in [0.15, 0.2) is 0 Å². The predicted octanol–water partition coefficient (Wildman–Crippen LogP) is 4.03. The van der Waals surface area contributed by atoms with Crippen LogP contribution in [0.15, 0.2) is 60.7 Å². The molecule has 2 aromatic rings. The Bertz CT molecular complexity index is 802. The van der Waals surface area contributed by atoms with Crippen molar-refractivity contribution in [2.75, 3.05) is 31.1 Å². The summed E-state index contributed by atoms with van der Waals surface area (Å²) in [5.74, 6) is 0.145. The van der Waals surface area contributed by atoms with Crippen molar-refractivity contribution in [1.29, 1.82) is 0 Å². The molecule has 3 rings (SSSR count). The van der Waals surface area contributed by atoms with Gasteiger partial charge in [-0.05, 0) is 50.3 Å². The van der Waals surface area contributed by atoms with Gasteiger partial charge in [-0.2, -0.15) is 0 Å². The lowest BCUT2D eigenvalue weighted by atomic mass is 10.0. The number of piperidine rings is 1. The van der Waals surface area contributed by atoms with Gasteiger partial charge in [0, 0.05) is 50.7 Å². The molecule has 0 spiro atoms. The molecule has 5 heteroatoms. The van der Waals surface area contributed by atoms with Crippen molar-refractivity contribution in [1.82, 2.24) is 10.2 Å². The zero-order valence-corrected chi connectivity index (χ0v) is 18.6. The third-order valence-corrected chi connectivity index (χ3v) is 5.95. The standard InChI is InChI=1S/C26H35N3O2/c1-2-27-25(30)14-9-15-26(31)29(23-12-7-4-8-13-23)24-17-20-28(21-18-24)19-16-22-10-5-3-6-11-22/h3-8,10-13,24H,2,9,14-21H2,1H3,(H,27,30). The van der Waals surface area contributed by atoms with Gasteiger partial charge in [0.25, 0.3) is 0 Å². The average molecular weight is 422 g/mol. The van der Waals surface area contributed by atoms with E-state index in [-0.39, 0.29) is 17.9 Å². The van der Waals surface area contributed by atoms with Crippen molar-refractivity contribution in [3.8, 4) is 0 Å². The molecular formula is C26H35N3O2. The molecule has 1 N–H and O–H groups in total. The Hall–Kier alpha value is -2.66. The Morgan fingerprint density at radius 3 is 2.26 bits per heavy atom. The quantitative estimate of drug-likeness (QED) is 0.630. The normalized spacial score (nSPS) is 14.9. The van der Waals surface area contributed by atoms with Crippen molar-refractivity contribution in [3.05, 3.63) is 66.2 Å². The monoisotopic (exact) mass is 421 g/mol. The topological polar surface area (TPSA) is 52.7 Å². The minimum absolute atomic E-state index is 0.0216. The molecule has 0 bridgehead atoms. The maximum absolute atomic E-state index is 13.2. The summed E-state index contributed by atoms with van der Waals surface area (Å²) in [6.45, 7) is 5.61. The fraction of sp³-hybridized carbons (Fsp3) is 0.462. The molecule has 0 unspecified atom stereocenters. The van der Waals surface area contributed by atoms with Crippen molar-refractivity contribution in [2.45, 2.75) is 51.5 Å². The van der Waals surface area contributed by atoms with E-state index >= 15 is 0 Å². The van der Waals surface area contributed by atoms with E-state index in [4.69, 9.17) is 0 Å². The highest BCUT2D eigenvalue weighted by atomic mass is 16.2. The van der Waals surface area contributed by atoms with Crippen LogP contribution in [-0.4, -0.2) is 48.9 Å². The smallest absolute Gasteiger partial charge is 0.227 e. The van der Waals surface area contributed by atoms with Gasteiger partial charge in [-0.15, -0.1) is 0 Å². The van der Waals surface area contributed by atoms with Crippen LogP contribution in [0.4, 0.5) is 5.69 Å². The van der Waals surface area contributed by atoms with Crippen LogP contribution >= 0.6 is 0 Å². The molecule has 0 saturated carbocycles. The van der Waals surface area contributed by atoms with Crippen molar-refractivity contribution in [3.63, 3.8) is 0 Å². The maximum Gasteiger partial charge on any atom is 0.227 e. The molecule has 0 atom stereocenters. The number of rotatable bonds is 10. The first kappa shape index (κ1) is 23.0. The number of benzene rings is 2. The van der Waals surface area contributed by atoms with Crippen LogP contribution in [0.1, 0.15) is 44.6 Å². The van der Waals surface area contributed by atoms with Gasteiger partial charge in [-0.3, -0.25) is 9.59 Å². The maximum atomic E-state index is 13.2. The lowest BCUT2D eigenvalue weighted by Gasteiger charge is -2.38. The molecule has 1 fully saturated rings. The summed E-state index contributed by atoms with van der Waals surface area (Å²) in [6, 6.07) is 20.8. The fourth-order valence-corrected chi connectivity index (χ4v) is 4.29. The Kier molecular flexibility index (Phi) is 9.10. The summed E-state index contributed by atoms with van der Waals surface area (Å²) in [7, 11) is 0. The number of likely N-dealkylation sites (tertiary alicyclic amines) is 1. The van der Waals surface area contributed by atoms with Crippen LogP contribution in [-0.2, 0) is 16.0 Å². The van der Waals surface area contributed by atoms with E-state index in [9.17, 15) is 9.59 Å². The number of para-hydroxylation sites is 1. The van der Waals surface area contributed by atoms with E-state index in [0.717, 1.165) is 44.6 Å². The molecule has 0 aromatic heterocycles. The zero-order valence-electron chi connectivity index (χ0n) is 18.6. The van der Waals surface area contributed by atoms with Gasteiger partial charge in [-0.1, -0.05) is 48.5 Å². The number of nitrogens with one attached hydrogen (secondary N) is 1. The van der Waals surface area contributed by atoms with Crippen molar-refractivity contribution >= 4 is 17.5 Å². The van der Waals surface area contributed by atoms with E-state index in [1.807, 2.05) is 42.2 Å². The fourth-order valence-electron chi connectivity index (χ4n) is 4.29. The highest BCUT2D eigenvalue weighted by molar-refractivity contribution is 5.94. The first-order valence-electron chi connectivity index (χ1n) is 11.6. The average Bonchev–Trinajstić information content (AvgIpc) is 2.80. The SMILES string of the molecule is CCNC(=O)CCCC(=O)N(c1ccccc1)C1CCN(CCc2ccccc2)CC1. The zero-order chi connectivity index (χ0) is 21.9. The summed E-state index contributed by atoms with van der Waals surface area (Å²) in [6.07, 6.45) is 4.41. The summed E-state index contributed by atoms with van der Waals surface area (Å²) in [4.78, 5) is 29.4. The predicted molar refractivity (Wildman–Crippen MR) is 126 cm³/mol. The number of carbonyl (C=O) groups excluding carboxylic acids is 2. The van der Waals surface area contributed by atoms with Crippen LogP contribution < -0.4 is 10.2 Å². The molecular weight excluding hydrogens is 386 g/mol. The number of anilines is 1. The Balaban J connectivity index is 1.55. The highest BCUT2D eigenvalue weighted by Crippen LogP contribution is 2.25. The lowest BCUT2D eigenvalue weighted by Crippen LogP contribution is -2.48. The van der Waals surface area contributed by atoms with Crippen molar-refractivity contribution in [2.24, 2.45) is 0 Å². The second-order valence-corrected chi connectivity index (χ2v) is 8.21. The first-order valence-corrected chi connectivity index (χ1v) is 11.6. The molecule has 5 nitrogen and oxygen atoms in total. The molecule has 0 aliphatic carbocycles. The summed E-state index contributed by atoms with van der Waals surface area (Å²) in [5, 5.41) is 2.80. The van der Waals surface area contributed by atoms with Crippen LogP contribution in [0.25, 0.3) is 0 Å². The largest absolute Gasteiger partial charge is 0.356 e. The lowest BCUT2D eigenvalue weighted by molar-refractivity contribution is -0.121. The van der Waals surface area contributed by atoms with Crippen LogP contribution in [0.2, 0.25) is 0 Å². The molecule has 1 aliphatic rings. The molecule has 31 heavy (non-hydrogen) atoms. The number of nitrogens with zero attached hydrogens (tertiary/aromatic N) is 2. The number of carbonyl (C=O) groups is 2. The molecule has 2 amide bonds.